The molecule has 0 saturated carbocycles. The van der Waals surface area contributed by atoms with Gasteiger partial charge in [-0.15, -0.1) is 0 Å². The van der Waals surface area contributed by atoms with E-state index in [1.54, 1.807) is 0 Å². The number of carbonyl (C=O) groups is 2. The predicted molar refractivity (Wildman–Crippen MR) is 39.3 cm³/mol. The van der Waals surface area contributed by atoms with Crippen LogP contribution in [0.25, 0.3) is 0 Å². The molecule has 0 bridgehead atoms. The number of nitrogens with zero attached hydrogens (tertiary/aromatic N) is 1. The van der Waals surface area contributed by atoms with Crippen LogP contribution in [-0.4, -0.2) is 41.6 Å². The largest absolute Gasteiger partial charge is 0.516 e. The average Bonchev–Trinajstić information content (AvgIpc) is 2.04. The fourth-order valence-corrected chi connectivity index (χ4v) is 0.877. The quantitative estimate of drug-likeness (QED) is 0.447. The van der Waals surface area contributed by atoms with Crippen LogP contribution in [0.3, 0.4) is 0 Å². The molecule has 0 aliphatic carbocycles. The van der Waals surface area contributed by atoms with Crippen LogP contribution in [0.2, 0.25) is 0 Å². The lowest BCUT2D eigenvalue weighted by atomic mass is 10.4. The first-order chi connectivity index (χ1) is 5.75. The Labute approximate surface area is 69.2 Å². The molecule has 5 nitrogen and oxygen atoms in total. The van der Waals surface area contributed by atoms with E-state index >= 15 is 0 Å². The predicted octanol–water partition coefficient (Wildman–Crippen LogP) is -0.557. The molecule has 66 valence electrons. The Morgan fingerprint density at radius 2 is 2.00 bits per heavy atom. The summed E-state index contributed by atoms with van der Waals surface area (Å²) in [5.74, 6) is -0.742. The first-order valence-electron chi connectivity index (χ1n) is 3.46. The second kappa shape index (κ2) is 3.87. The number of amides is 2. The summed E-state index contributed by atoms with van der Waals surface area (Å²) in [6.07, 6.45) is 2.12. The summed E-state index contributed by atoms with van der Waals surface area (Å²) in [6, 6.07) is 0. The number of morpholine rings is 1. The van der Waals surface area contributed by atoms with Crippen LogP contribution in [0.15, 0.2) is 12.3 Å². The molecular weight excluding hydrogens is 162 g/mol. The van der Waals surface area contributed by atoms with E-state index in [0.29, 0.717) is 0 Å². The molecule has 1 rings (SSSR count). The standard InChI is InChI=1S/C7H9NO4/c9-3-1-2-8-6(10)4-12-5-7(8)11/h1,3,9H,2,4-5H2. The maximum Gasteiger partial charge on any atom is 0.255 e. The van der Waals surface area contributed by atoms with Crippen molar-refractivity contribution < 1.29 is 19.4 Å². The number of rotatable bonds is 2. The highest BCUT2D eigenvalue weighted by Crippen LogP contribution is 2.00. The summed E-state index contributed by atoms with van der Waals surface area (Å²) in [6.45, 7) is -0.0203. The first kappa shape index (κ1) is 8.73. The summed E-state index contributed by atoms with van der Waals surface area (Å²) >= 11 is 0. The molecule has 0 atom stereocenters. The van der Waals surface area contributed by atoms with Crippen LogP contribution >= 0.6 is 0 Å². The van der Waals surface area contributed by atoms with Gasteiger partial charge in [0.05, 0.1) is 12.8 Å². The van der Waals surface area contributed by atoms with Gasteiger partial charge < -0.3 is 9.84 Å². The first-order valence-corrected chi connectivity index (χ1v) is 3.46. The third-order valence-electron chi connectivity index (χ3n) is 1.45. The van der Waals surface area contributed by atoms with Gasteiger partial charge in [0.1, 0.15) is 13.2 Å². The normalized spacial score (nSPS) is 19.2. The lowest BCUT2D eigenvalue weighted by Gasteiger charge is -2.23. The van der Waals surface area contributed by atoms with E-state index in [-0.39, 0.29) is 31.6 Å². The summed E-state index contributed by atoms with van der Waals surface area (Å²) < 4.78 is 4.68. The van der Waals surface area contributed by atoms with Crippen molar-refractivity contribution in [3.8, 4) is 0 Å². The van der Waals surface area contributed by atoms with Crippen LogP contribution in [0.1, 0.15) is 0 Å². The van der Waals surface area contributed by atoms with Crippen LogP contribution in [0, 0.1) is 0 Å². The molecule has 0 unspecified atom stereocenters. The topological polar surface area (TPSA) is 66.8 Å². The van der Waals surface area contributed by atoms with Crippen molar-refractivity contribution >= 4 is 11.8 Å². The molecule has 1 fully saturated rings. The lowest BCUT2D eigenvalue weighted by Crippen LogP contribution is -2.46. The van der Waals surface area contributed by atoms with Crippen LogP contribution < -0.4 is 0 Å². The number of imide groups is 1. The van der Waals surface area contributed by atoms with Gasteiger partial charge in [0.15, 0.2) is 0 Å². The van der Waals surface area contributed by atoms with E-state index in [1.165, 1.54) is 6.08 Å². The second-order valence-electron chi connectivity index (χ2n) is 2.28. The molecular formula is C7H9NO4. The third kappa shape index (κ3) is 1.82. The van der Waals surface area contributed by atoms with Gasteiger partial charge in [-0.1, -0.05) is 0 Å². The van der Waals surface area contributed by atoms with Gasteiger partial charge in [-0.05, 0) is 6.08 Å². The number of carbonyl (C=O) groups excluding carboxylic acids is 2. The molecule has 1 heterocycles. The van der Waals surface area contributed by atoms with Crippen molar-refractivity contribution in [1.82, 2.24) is 4.90 Å². The fraction of sp³-hybridized carbons (Fsp3) is 0.429. The Morgan fingerprint density at radius 1 is 1.42 bits per heavy atom. The van der Waals surface area contributed by atoms with Crippen molar-refractivity contribution in [2.24, 2.45) is 0 Å². The monoisotopic (exact) mass is 171 g/mol. The Hall–Kier alpha value is -1.36. The minimum atomic E-state index is -0.371. The van der Waals surface area contributed by atoms with Gasteiger partial charge in [0.25, 0.3) is 11.8 Å². The van der Waals surface area contributed by atoms with Crippen molar-refractivity contribution in [3.05, 3.63) is 12.3 Å². The Balaban J connectivity index is 2.57. The van der Waals surface area contributed by atoms with Crippen molar-refractivity contribution in [3.63, 3.8) is 0 Å². The smallest absolute Gasteiger partial charge is 0.255 e. The molecule has 1 N–H and O–H groups in total. The van der Waals surface area contributed by atoms with Crippen LogP contribution in [0.4, 0.5) is 0 Å². The number of hydrogen-bond donors (Lipinski definition) is 1. The SMILES string of the molecule is O=C1COCC(=O)N1CC=CO. The van der Waals surface area contributed by atoms with E-state index in [2.05, 4.69) is 4.74 Å². The zero-order valence-corrected chi connectivity index (χ0v) is 6.40. The van der Waals surface area contributed by atoms with E-state index in [9.17, 15) is 9.59 Å². The van der Waals surface area contributed by atoms with Gasteiger partial charge in [0.2, 0.25) is 0 Å². The highest BCUT2D eigenvalue weighted by Gasteiger charge is 2.24. The minimum absolute atomic E-state index is 0.0645. The summed E-state index contributed by atoms with van der Waals surface area (Å²) in [7, 11) is 0. The zero-order chi connectivity index (χ0) is 8.97. The molecule has 0 aromatic carbocycles. The average molecular weight is 171 g/mol. The maximum atomic E-state index is 11.0. The molecule has 12 heavy (non-hydrogen) atoms. The number of ether oxygens (including phenoxy) is 1. The molecule has 0 spiro atoms. The molecule has 1 aliphatic rings. The molecule has 2 amide bonds. The van der Waals surface area contributed by atoms with E-state index in [0.717, 1.165) is 11.2 Å². The molecule has 5 heteroatoms. The Bertz CT molecular complexity index is 207. The fourth-order valence-electron chi connectivity index (χ4n) is 0.877. The highest BCUT2D eigenvalue weighted by molar-refractivity contribution is 5.98. The lowest BCUT2D eigenvalue weighted by molar-refractivity contribution is -0.157. The molecule has 1 saturated heterocycles. The van der Waals surface area contributed by atoms with Gasteiger partial charge in [-0.3, -0.25) is 14.5 Å². The zero-order valence-electron chi connectivity index (χ0n) is 6.40. The second-order valence-corrected chi connectivity index (χ2v) is 2.28. The molecule has 0 radical (unpaired) electrons. The van der Waals surface area contributed by atoms with E-state index in [1.807, 2.05) is 0 Å². The number of hydrogen-bond acceptors (Lipinski definition) is 4. The van der Waals surface area contributed by atoms with Crippen molar-refractivity contribution in [2.75, 3.05) is 19.8 Å². The molecule has 1 aliphatic heterocycles. The highest BCUT2D eigenvalue weighted by atomic mass is 16.5. The minimum Gasteiger partial charge on any atom is -0.516 e. The van der Waals surface area contributed by atoms with Gasteiger partial charge in [-0.25, -0.2) is 0 Å². The Morgan fingerprint density at radius 3 is 2.50 bits per heavy atom. The van der Waals surface area contributed by atoms with Crippen molar-refractivity contribution in [2.45, 2.75) is 0 Å². The summed E-state index contributed by atoms with van der Waals surface area (Å²) in [5.41, 5.74) is 0. The molecule has 0 aromatic heterocycles. The Kier molecular flexibility index (Phi) is 2.82. The van der Waals surface area contributed by atoms with Gasteiger partial charge in [-0.2, -0.15) is 0 Å². The number of aliphatic hydroxyl groups excluding tert-OH is 1. The maximum absolute atomic E-state index is 11.0. The van der Waals surface area contributed by atoms with E-state index in [4.69, 9.17) is 5.11 Å². The third-order valence-corrected chi connectivity index (χ3v) is 1.45. The van der Waals surface area contributed by atoms with Crippen LogP contribution in [-0.2, 0) is 14.3 Å². The van der Waals surface area contributed by atoms with Gasteiger partial charge in [0, 0.05) is 0 Å². The summed E-state index contributed by atoms with van der Waals surface area (Å²) in [4.78, 5) is 23.0. The van der Waals surface area contributed by atoms with E-state index < -0.39 is 0 Å². The van der Waals surface area contributed by atoms with Gasteiger partial charge >= 0.3 is 0 Å². The summed E-state index contributed by atoms with van der Waals surface area (Å²) in [5, 5.41) is 8.31. The number of aliphatic hydroxyl groups is 1. The van der Waals surface area contributed by atoms with Crippen LogP contribution in [0.5, 0.6) is 0 Å². The molecule has 0 aromatic rings. The van der Waals surface area contributed by atoms with Crippen molar-refractivity contribution in [1.29, 1.82) is 0 Å².